The molecule has 0 aliphatic heterocycles. The number of oxazole rings is 1. The third-order valence-electron chi connectivity index (χ3n) is 2.42. The van der Waals surface area contributed by atoms with Crippen LogP contribution in [0.25, 0.3) is 11.1 Å². The molecular weight excluding hydrogens is 204 g/mol. The minimum atomic E-state index is 0.648. The zero-order chi connectivity index (χ0) is 11.4. The van der Waals surface area contributed by atoms with Gasteiger partial charge in [-0.2, -0.15) is 0 Å². The molecule has 4 nitrogen and oxygen atoms in total. The van der Waals surface area contributed by atoms with E-state index in [4.69, 9.17) is 4.42 Å². The maximum Gasteiger partial charge on any atom is 0.211 e. The fourth-order valence-electron chi connectivity index (χ4n) is 1.61. The predicted molar refractivity (Wildman–Crippen MR) is 62.3 cm³/mol. The van der Waals surface area contributed by atoms with E-state index in [1.807, 2.05) is 18.2 Å². The second-order valence-electron chi connectivity index (χ2n) is 3.63. The maximum absolute atomic E-state index is 10.4. The molecule has 0 bridgehead atoms. The summed E-state index contributed by atoms with van der Waals surface area (Å²) in [4.78, 5) is 14.8. The van der Waals surface area contributed by atoms with Crippen LogP contribution in [0.1, 0.15) is 25.7 Å². The first-order valence-electron chi connectivity index (χ1n) is 5.43. The van der Waals surface area contributed by atoms with Gasteiger partial charge in [0.2, 0.25) is 6.41 Å². The highest BCUT2D eigenvalue weighted by atomic mass is 16.3. The third kappa shape index (κ3) is 2.05. The van der Waals surface area contributed by atoms with E-state index in [0.717, 1.165) is 36.3 Å². The van der Waals surface area contributed by atoms with Crippen molar-refractivity contribution in [3.05, 3.63) is 24.1 Å². The van der Waals surface area contributed by atoms with Crippen molar-refractivity contribution in [1.82, 2.24) is 4.98 Å². The number of nitrogens with one attached hydrogen (secondary N) is 1. The van der Waals surface area contributed by atoms with E-state index in [-0.39, 0.29) is 0 Å². The number of anilines is 1. The highest BCUT2D eigenvalue weighted by molar-refractivity contribution is 5.91. The van der Waals surface area contributed by atoms with Gasteiger partial charge in [0.05, 0.1) is 5.69 Å². The average molecular weight is 218 g/mol. The second-order valence-corrected chi connectivity index (χ2v) is 3.63. The largest absolute Gasteiger partial charge is 0.441 e. The molecule has 2 rings (SSSR count). The number of hydrogen-bond donors (Lipinski definition) is 1. The van der Waals surface area contributed by atoms with Crippen LogP contribution >= 0.6 is 0 Å². The summed E-state index contributed by atoms with van der Waals surface area (Å²) in [6.07, 6.45) is 3.66. The zero-order valence-electron chi connectivity index (χ0n) is 9.19. The summed E-state index contributed by atoms with van der Waals surface area (Å²) in [5.74, 6) is 0.733. The van der Waals surface area contributed by atoms with Crippen molar-refractivity contribution in [1.29, 1.82) is 0 Å². The van der Waals surface area contributed by atoms with Crippen molar-refractivity contribution in [3.63, 3.8) is 0 Å². The third-order valence-corrected chi connectivity index (χ3v) is 2.42. The van der Waals surface area contributed by atoms with Crippen LogP contribution in [0.2, 0.25) is 0 Å². The summed E-state index contributed by atoms with van der Waals surface area (Å²) >= 11 is 0. The van der Waals surface area contributed by atoms with Gasteiger partial charge in [0.1, 0.15) is 5.52 Å². The number of para-hydroxylation sites is 1. The summed E-state index contributed by atoms with van der Waals surface area (Å²) in [6.45, 7) is 2.13. The van der Waals surface area contributed by atoms with Gasteiger partial charge in [0, 0.05) is 6.42 Å². The highest BCUT2D eigenvalue weighted by Crippen LogP contribution is 2.23. The number of aryl methyl sites for hydroxylation is 1. The van der Waals surface area contributed by atoms with E-state index in [9.17, 15) is 4.79 Å². The number of rotatable bonds is 5. The molecule has 1 aromatic heterocycles. The molecule has 2 aromatic rings. The molecule has 0 atom stereocenters. The van der Waals surface area contributed by atoms with E-state index >= 15 is 0 Å². The van der Waals surface area contributed by atoms with Crippen molar-refractivity contribution in [3.8, 4) is 0 Å². The Bertz CT molecular complexity index is 491. The molecular formula is C12H14N2O2. The number of amides is 1. The normalized spacial score (nSPS) is 10.6. The quantitative estimate of drug-likeness (QED) is 0.785. The van der Waals surface area contributed by atoms with Gasteiger partial charge in [-0.3, -0.25) is 4.79 Å². The molecule has 0 aliphatic carbocycles. The summed E-state index contributed by atoms with van der Waals surface area (Å²) < 4.78 is 5.59. The number of benzene rings is 1. The van der Waals surface area contributed by atoms with Crippen molar-refractivity contribution in [2.45, 2.75) is 26.2 Å². The predicted octanol–water partition coefficient (Wildman–Crippen LogP) is 2.74. The van der Waals surface area contributed by atoms with Crippen LogP contribution < -0.4 is 5.32 Å². The van der Waals surface area contributed by atoms with Crippen molar-refractivity contribution >= 4 is 23.2 Å². The number of carbonyl (C=O) groups is 1. The van der Waals surface area contributed by atoms with E-state index in [0.29, 0.717) is 12.1 Å². The Labute approximate surface area is 93.7 Å². The molecule has 0 fully saturated rings. The minimum Gasteiger partial charge on any atom is -0.441 e. The highest BCUT2D eigenvalue weighted by Gasteiger charge is 2.08. The topological polar surface area (TPSA) is 55.1 Å². The first-order chi connectivity index (χ1) is 7.85. The number of fused-ring (bicyclic) bond motifs is 1. The Morgan fingerprint density at radius 3 is 3.12 bits per heavy atom. The van der Waals surface area contributed by atoms with E-state index in [1.54, 1.807) is 0 Å². The molecule has 0 radical (unpaired) electrons. The molecule has 0 unspecified atom stereocenters. The first kappa shape index (κ1) is 10.7. The van der Waals surface area contributed by atoms with Gasteiger partial charge in [-0.1, -0.05) is 19.4 Å². The van der Waals surface area contributed by atoms with Crippen LogP contribution in [0.4, 0.5) is 5.69 Å². The standard InChI is InChI=1S/C12H14N2O2/c1-2-3-7-11-14-12-9(13-8-15)5-4-6-10(12)16-11/h4-6,8H,2-3,7H2,1H3,(H,13,15). The number of carbonyl (C=O) groups excluding carboxylic acids is 1. The molecule has 0 spiro atoms. The van der Waals surface area contributed by atoms with E-state index < -0.39 is 0 Å². The maximum atomic E-state index is 10.4. The van der Waals surface area contributed by atoms with Crippen LogP contribution in [0.15, 0.2) is 22.6 Å². The molecule has 16 heavy (non-hydrogen) atoms. The molecule has 0 saturated heterocycles. The molecule has 0 aliphatic rings. The van der Waals surface area contributed by atoms with E-state index in [1.165, 1.54) is 0 Å². The van der Waals surface area contributed by atoms with Gasteiger partial charge < -0.3 is 9.73 Å². The summed E-state index contributed by atoms with van der Waals surface area (Å²) in [7, 11) is 0. The zero-order valence-corrected chi connectivity index (χ0v) is 9.19. The lowest BCUT2D eigenvalue weighted by atomic mass is 10.2. The number of unbranched alkanes of at least 4 members (excludes halogenated alkanes) is 1. The summed E-state index contributed by atoms with van der Waals surface area (Å²) in [5, 5.41) is 2.62. The number of hydrogen-bond acceptors (Lipinski definition) is 3. The first-order valence-corrected chi connectivity index (χ1v) is 5.43. The Balaban J connectivity index is 2.36. The van der Waals surface area contributed by atoms with E-state index in [2.05, 4.69) is 17.2 Å². The van der Waals surface area contributed by atoms with Gasteiger partial charge in [0.25, 0.3) is 0 Å². The van der Waals surface area contributed by atoms with Crippen LogP contribution in [0.3, 0.4) is 0 Å². The van der Waals surface area contributed by atoms with Gasteiger partial charge >= 0.3 is 0 Å². The number of nitrogens with zero attached hydrogens (tertiary/aromatic N) is 1. The Hall–Kier alpha value is -1.84. The molecule has 1 heterocycles. The lowest BCUT2D eigenvalue weighted by Crippen LogP contribution is -1.94. The fourth-order valence-corrected chi connectivity index (χ4v) is 1.61. The van der Waals surface area contributed by atoms with Crippen LogP contribution in [0.5, 0.6) is 0 Å². The fraction of sp³-hybridized carbons (Fsp3) is 0.333. The Kier molecular flexibility index (Phi) is 3.19. The minimum absolute atomic E-state index is 0.648. The number of aromatic nitrogens is 1. The second kappa shape index (κ2) is 4.79. The van der Waals surface area contributed by atoms with Gasteiger partial charge in [-0.25, -0.2) is 4.98 Å². The molecule has 0 saturated carbocycles. The van der Waals surface area contributed by atoms with Crippen LogP contribution in [-0.2, 0) is 11.2 Å². The van der Waals surface area contributed by atoms with Crippen LogP contribution in [0, 0.1) is 0 Å². The lowest BCUT2D eigenvalue weighted by molar-refractivity contribution is -0.105. The summed E-state index contributed by atoms with van der Waals surface area (Å²) in [5.41, 5.74) is 2.14. The van der Waals surface area contributed by atoms with Crippen molar-refractivity contribution in [2.75, 3.05) is 5.32 Å². The Morgan fingerprint density at radius 1 is 1.50 bits per heavy atom. The van der Waals surface area contributed by atoms with Gasteiger partial charge in [0.15, 0.2) is 11.5 Å². The molecule has 1 aromatic carbocycles. The monoisotopic (exact) mass is 218 g/mol. The van der Waals surface area contributed by atoms with Crippen molar-refractivity contribution in [2.24, 2.45) is 0 Å². The van der Waals surface area contributed by atoms with Crippen LogP contribution in [-0.4, -0.2) is 11.4 Å². The van der Waals surface area contributed by atoms with Gasteiger partial charge in [-0.05, 0) is 18.6 Å². The smallest absolute Gasteiger partial charge is 0.211 e. The average Bonchev–Trinajstić information content (AvgIpc) is 2.70. The Morgan fingerprint density at radius 2 is 2.38 bits per heavy atom. The SMILES string of the molecule is CCCCc1nc2c(NC=O)cccc2o1. The molecule has 1 amide bonds. The van der Waals surface area contributed by atoms with Gasteiger partial charge in [-0.15, -0.1) is 0 Å². The van der Waals surface area contributed by atoms with Crippen molar-refractivity contribution < 1.29 is 9.21 Å². The summed E-state index contributed by atoms with van der Waals surface area (Å²) in [6, 6.07) is 5.50. The molecule has 4 heteroatoms. The molecule has 1 N–H and O–H groups in total. The molecule has 84 valence electrons. The lowest BCUT2D eigenvalue weighted by Gasteiger charge is -1.96.